The van der Waals surface area contributed by atoms with Gasteiger partial charge in [-0.05, 0) is 30.9 Å². The third-order valence-electron chi connectivity index (χ3n) is 3.78. The van der Waals surface area contributed by atoms with Gasteiger partial charge in [0.15, 0.2) is 0 Å². The molecule has 23 heavy (non-hydrogen) atoms. The summed E-state index contributed by atoms with van der Waals surface area (Å²) in [6.07, 6.45) is 2.11. The first-order chi connectivity index (χ1) is 11.0. The number of carbonyl (C=O) groups excluding carboxylic acids is 2. The lowest BCUT2D eigenvalue weighted by molar-refractivity contribution is -0.130. The lowest BCUT2D eigenvalue weighted by Gasteiger charge is -2.18. The maximum Gasteiger partial charge on any atom is 0.242 e. The largest absolute Gasteiger partial charge is 0.357 e. The number of aromatic amines is 1. The third-order valence-corrected chi connectivity index (χ3v) is 3.78. The molecular formula is C16H23N5O2. The van der Waals surface area contributed by atoms with E-state index in [1.807, 2.05) is 32.0 Å². The van der Waals surface area contributed by atoms with Crippen molar-refractivity contribution in [3.63, 3.8) is 0 Å². The zero-order valence-corrected chi connectivity index (χ0v) is 13.7. The number of nitrogens with zero attached hydrogens (tertiary/aromatic N) is 2. The zero-order valence-electron chi connectivity index (χ0n) is 13.7. The Morgan fingerprint density at radius 3 is 2.74 bits per heavy atom. The average Bonchev–Trinajstić information content (AvgIpc) is 3.02. The Balaban J connectivity index is 1.97. The molecular weight excluding hydrogens is 294 g/mol. The van der Waals surface area contributed by atoms with E-state index in [4.69, 9.17) is 0 Å². The van der Waals surface area contributed by atoms with Crippen molar-refractivity contribution in [1.29, 1.82) is 0 Å². The van der Waals surface area contributed by atoms with Crippen LogP contribution >= 0.6 is 0 Å². The first-order valence-corrected chi connectivity index (χ1v) is 7.83. The summed E-state index contributed by atoms with van der Waals surface area (Å²) in [5.74, 6) is -0.429. The van der Waals surface area contributed by atoms with Gasteiger partial charge in [-0.2, -0.15) is 0 Å². The highest BCUT2D eigenvalue weighted by Gasteiger charge is 2.20. The van der Waals surface area contributed by atoms with Crippen molar-refractivity contribution in [2.45, 2.75) is 39.2 Å². The first kappa shape index (κ1) is 16.9. The van der Waals surface area contributed by atoms with Crippen LogP contribution in [0.15, 0.2) is 18.2 Å². The van der Waals surface area contributed by atoms with Crippen LogP contribution in [-0.2, 0) is 16.0 Å². The summed E-state index contributed by atoms with van der Waals surface area (Å²) in [5, 5.41) is 16.1. The number of hydrogen-bond donors (Lipinski definition) is 3. The van der Waals surface area contributed by atoms with E-state index in [-0.39, 0.29) is 17.7 Å². The summed E-state index contributed by atoms with van der Waals surface area (Å²) < 4.78 is 0. The second-order valence-electron chi connectivity index (χ2n) is 5.85. The molecule has 7 heteroatoms. The predicted octanol–water partition coefficient (Wildman–Crippen LogP) is 1.17. The first-order valence-electron chi connectivity index (χ1n) is 7.83. The maximum atomic E-state index is 11.9. The van der Waals surface area contributed by atoms with Crippen LogP contribution in [0.25, 0.3) is 11.0 Å². The minimum atomic E-state index is -0.508. The molecule has 0 aliphatic carbocycles. The van der Waals surface area contributed by atoms with Crippen LogP contribution in [0.3, 0.4) is 0 Å². The molecule has 2 aromatic rings. The fourth-order valence-electron chi connectivity index (χ4n) is 2.41. The smallest absolute Gasteiger partial charge is 0.242 e. The quantitative estimate of drug-likeness (QED) is 0.713. The molecule has 0 radical (unpaired) electrons. The van der Waals surface area contributed by atoms with Gasteiger partial charge in [-0.1, -0.05) is 31.2 Å². The number of fused-ring (bicyclic) bond motifs is 1. The molecule has 2 amide bonds. The second-order valence-corrected chi connectivity index (χ2v) is 5.85. The number of benzene rings is 1. The maximum absolute atomic E-state index is 11.9. The lowest BCUT2D eigenvalue weighted by Crippen LogP contribution is -2.47. The number of rotatable bonds is 7. The van der Waals surface area contributed by atoms with Crippen LogP contribution in [0.2, 0.25) is 0 Å². The van der Waals surface area contributed by atoms with E-state index in [0.717, 1.165) is 29.4 Å². The van der Waals surface area contributed by atoms with E-state index in [1.165, 1.54) is 0 Å². The summed E-state index contributed by atoms with van der Waals surface area (Å²) >= 11 is 0. The minimum absolute atomic E-state index is 0.114. The molecule has 0 saturated carbocycles. The third kappa shape index (κ3) is 4.28. The number of H-pyrrole nitrogens is 1. The van der Waals surface area contributed by atoms with Gasteiger partial charge in [0.05, 0.1) is 5.52 Å². The number of amides is 2. The van der Waals surface area contributed by atoms with Crippen molar-refractivity contribution >= 4 is 22.8 Å². The zero-order chi connectivity index (χ0) is 16.8. The van der Waals surface area contributed by atoms with Crippen molar-refractivity contribution in [2.24, 2.45) is 5.92 Å². The number of aromatic nitrogens is 3. The van der Waals surface area contributed by atoms with Gasteiger partial charge >= 0.3 is 0 Å². The normalized spacial score (nSPS) is 12.3. The van der Waals surface area contributed by atoms with Crippen LogP contribution in [0, 0.1) is 5.92 Å². The topological polar surface area (TPSA) is 99.8 Å². The molecule has 1 aromatic carbocycles. The molecule has 1 unspecified atom stereocenters. The lowest BCUT2D eigenvalue weighted by atomic mass is 10.0. The van der Waals surface area contributed by atoms with Gasteiger partial charge in [0.25, 0.3) is 0 Å². The Hall–Kier alpha value is -2.44. The summed E-state index contributed by atoms with van der Waals surface area (Å²) in [6, 6.07) is 5.38. The van der Waals surface area contributed by atoms with E-state index in [0.29, 0.717) is 6.42 Å². The van der Waals surface area contributed by atoms with Gasteiger partial charge in [0, 0.05) is 13.0 Å². The molecule has 0 spiro atoms. The van der Waals surface area contributed by atoms with E-state index >= 15 is 0 Å². The van der Waals surface area contributed by atoms with Crippen molar-refractivity contribution in [1.82, 2.24) is 26.0 Å². The molecule has 3 N–H and O–H groups in total. The van der Waals surface area contributed by atoms with Gasteiger partial charge in [-0.25, -0.2) is 0 Å². The Labute approximate surface area is 135 Å². The van der Waals surface area contributed by atoms with Gasteiger partial charge in [-0.15, -0.1) is 5.10 Å². The molecule has 2 rings (SSSR count). The van der Waals surface area contributed by atoms with E-state index in [2.05, 4.69) is 26.0 Å². The molecule has 124 valence electrons. The van der Waals surface area contributed by atoms with Crippen molar-refractivity contribution in [3.05, 3.63) is 23.8 Å². The fourth-order valence-corrected chi connectivity index (χ4v) is 2.41. The summed E-state index contributed by atoms with van der Waals surface area (Å²) in [5.41, 5.74) is 2.84. The highest BCUT2D eigenvalue weighted by Crippen LogP contribution is 2.16. The summed E-state index contributed by atoms with van der Waals surface area (Å²) in [6.45, 7) is 3.61. The molecule has 0 saturated heterocycles. The summed E-state index contributed by atoms with van der Waals surface area (Å²) in [4.78, 5) is 23.8. The Kier molecular flexibility index (Phi) is 5.67. The average molecular weight is 317 g/mol. The number of likely N-dealkylation sites (N-methyl/N-ethyl adjacent to an activating group) is 1. The molecule has 0 fully saturated rings. The molecule has 1 aromatic heterocycles. The SMILES string of the molecule is CNC(=O)C(CCCc1cccc2[nH]nnc12)NC(=O)C(C)C. The second kappa shape index (κ2) is 7.71. The van der Waals surface area contributed by atoms with E-state index in [9.17, 15) is 9.59 Å². The molecule has 7 nitrogen and oxygen atoms in total. The molecule has 1 atom stereocenters. The van der Waals surface area contributed by atoms with E-state index < -0.39 is 6.04 Å². The Bertz CT molecular complexity index is 680. The standard InChI is InChI=1S/C16H23N5O2/c1-10(2)15(22)18-13(16(23)17-3)9-5-7-11-6-4-8-12-14(11)20-21-19-12/h4,6,8,10,13H,5,7,9H2,1-3H3,(H,17,23)(H,18,22)(H,19,20,21). The minimum Gasteiger partial charge on any atom is -0.357 e. The van der Waals surface area contributed by atoms with Crippen LogP contribution in [0.5, 0.6) is 0 Å². The van der Waals surface area contributed by atoms with Gasteiger partial charge in [0.1, 0.15) is 11.6 Å². The van der Waals surface area contributed by atoms with Gasteiger partial charge in [-0.3, -0.25) is 14.7 Å². The van der Waals surface area contributed by atoms with Crippen molar-refractivity contribution < 1.29 is 9.59 Å². The molecule has 0 aliphatic heterocycles. The fraction of sp³-hybridized carbons (Fsp3) is 0.500. The molecule has 0 bridgehead atoms. The van der Waals surface area contributed by atoms with Crippen LogP contribution in [0.4, 0.5) is 0 Å². The van der Waals surface area contributed by atoms with Gasteiger partial charge < -0.3 is 10.6 Å². The number of aryl methyl sites for hydroxylation is 1. The van der Waals surface area contributed by atoms with E-state index in [1.54, 1.807) is 7.05 Å². The highest BCUT2D eigenvalue weighted by molar-refractivity contribution is 5.88. The molecule has 0 aliphatic rings. The van der Waals surface area contributed by atoms with Gasteiger partial charge in [0.2, 0.25) is 11.8 Å². The Morgan fingerprint density at radius 1 is 1.26 bits per heavy atom. The molecule has 1 heterocycles. The highest BCUT2D eigenvalue weighted by atomic mass is 16.2. The predicted molar refractivity (Wildman–Crippen MR) is 87.7 cm³/mol. The van der Waals surface area contributed by atoms with Crippen molar-refractivity contribution in [2.75, 3.05) is 7.05 Å². The van der Waals surface area contributed by atoms with Crippen molar-refractivity contribution in [3.8, 4) is 0 Å². The number of hydrogen-bond acceptors (Lipinski definition) is 4. The van der Waals surface area contributed by atoms with Crippen LogP contribution in [0.1, 0.15) is 32.3 Å². The van der Waals surface area contributed by atoms with Crippen LogP contribution in [-0.4, -0.2) is 40.3 Å². The monoisotopic (exact) mass is 317 g/mol. The van der Waals surface area contributed by atoms with Crippen LogP contribution < -0.4 is 10.6 Å². The number of carbonyl (C=O) groups is 2. The number of nitrogens with one attached hydrogen (secondary N) is 3. The Morgan fingerprint density at radius 2 is 2.04 bits per heavy atom. The summed E-state index contributed by atoms with van der Waals surface area (Å²) in [7, 11) is 1.58.